The third kappa shape index (κ3) is 7.81. The van der Waals surface area contributed by atoms with Crippen molar-refractivity contribution in [1.82, 2.24) is 14.8 Å². The number of rotatable bonds is 13. The van der Waals surface area contributed by atoms with Gasteiger partial charge in [0.2, 0.25) is 5.91 Å². The number of amides is 1. The number of thioether (sulfide) groups is 1. The topological polar surface area (TPSA) is 95.3 Å². The monoisotopic (exact) mass is 622 g/mol. The maximum atomic E-state index is 13.0. The molecule has 0 fully saturated rings. The van der Waals surface area contributed by atoms with E-state index >= 15 is 0 Å². The Morgan fingerprint density at radius 2 is 2.05 bits per heavy atom. The summed E-state index contributed by atoms with van der Waals surface area (Å²) in [6, 6.07) is 5.11. The number of allylic oxidation sites excluding steroid dienone is 1. The second-order valence-electron chi connectivity index (χ2n) is 9.53. The van der Waals surface area contributed by atoms with E-state index in [2.05, 4.69) is 22.1 Å². The number of hydrogen-bond donors (Lipinski definition) is 1. The van der Waals surface area contributed by atoms with Gasteiger partial charge in [0, 0.05) is 22.9 Å². The minimum Gasteiger partial charge on any atom is -0.492 e. The summed E-state index contributed by atoms with van der Waals surface area (Å²) in [5.41, 5.74) is 1.52. The molecule has 0 aliphatic heterocycles. The van der Waals surface area contributed by atoms with Gasteiger partial charge >= 0.3 is 5.97 Å². The molecule has 0 spiro atoms. The van der Waals surface area contributed by atoms with Crippen LogP contribution in [0.4, 0.5) is 5.00 Å². The first-order valence-corrected chi connectivity index (χ1v) is 15.7. The fraction of sp³-hybridized carbons (Fsp3) is 0.429. The zero-order chi connectivity index (χ0) is 28.6. The zero-order valence-electron chi connectivity index (χ0n) is 22.5. The number of ether oxygens (including phenoxy) is 2. The van der Waals surface area contributed by atoms with Gasteiger partial charge in [0.1, 0.15) is 16.6 Å². The number of halogens is 2. The summed E-state index contributed by atoms with van der Waals surface area (Å²) in [5, 5.41) is 13.8. The number of hydrogen-bond acceptors (Lipinski definition) is 8. The Hall–Kier alpha value is -2.53. The number of carbonyl (C=O) groups is 2. The molecule has 1 N–H and O–H groups in total. The lowest BCUT2D eigenvalue weighted by molar-refractivity contribution is -0.113. The molecular weight excluding hydrogens is 591 g/mol. The molecule has 1 aliphatic carbocycles. The van der Waals surface area contributed by atoms with Crippen LogP contribution in [0.3, 0.4) is 0 Å². The number of nitrogens with zero attached hydrogens (tertiary/aromatic N) is 3. The summed E-state index contributed by atoms with van der Waals surface area (Å²) in [6.07, 6.45) is 6.69. The predicted octanol–water partition coefficient (Wildman–Crippen LogP) is 7.02. The van der Waals surface area contributed by atoms with E-state index in [9.17, 15) is 9.59 Å². The van der Waals surface area contributed by atoms with Crippen molar-refractivity contribution in [1.29, 1.82) is 0 Å². The minimum absolute atomic E-state index is 0.120. The summed E-state index contributed by atoms with van der Waals surface area (Å²) in [6.45, 7) is 8.44. The highest BCUT2D eigenvalue weighted by atomic mass is 35.5. The molecule has 0 radical (unpaired) electrons. The number of carbonyl (C=O) groups excluding carboxylic acids is 2. The van der Waals surface area contributed by atoms with Crippen molar-refractivity contribution in [2.45, 2.75) is 70.2 Å². The Labute approximate surface area is 252 Å². The average molecular weight is 624 g/mol. The molecule has 1 aliphatic rings. The molecule has 12 heteroatoms. The zero-order valence-corrected chi connectivity index (χ0v) is 25.6. The Bertz CT molecular complexity index is 1370. The van der Waals surface area contributed by atoms with Gasteiger partial charge in [-0.1, -0.05) is 41.0 Å². The highest BCUT2D eigenvalue weighted by molar-refractivity contribution is 7.99. The number of aromatic nitrogens is 3. The number of nitrogens with one attached hydrogen (secondary N) is 1. The normalized spacial score (nSPS) is 12.7. The van der Waals surface area contributed by atoms with Gasteiger partial charge in [0.05, 0.1) is 29.0 Å². The number of benzene rings is 1. The Kier molecular flexibility index (Phi) is 10.9. The highest BCUT2D eigenvalue weighted by Gasteiger charge is 2.28. The molecule has 40 heavy (non-hydrogen) atoms. The Balaban J connectivity index is 1.36. The molecule has 2 aromatic heterocycles. The lowest BCUT2D eigenvalue weighted by atomic mass is 9.95. The van der Waals surface area contributed by atoms with Gasteiger partial charge in [-0.05, 0) is 69.7 Å². The van der Waals surface area contributed by atoms with Crippen molar-refractivity contribution < 1.29 is 19.1 Å². The first-order chi connectivity index (χ1) is 19.3. The number of aryl methyl sites for hydroxylation is 2. The summed E-state index contributed by atoms with van der Waals surface area (Å²) in [7, 11) is 0. The third-order valence-electron chi connectivity index (χ3n) is 6.10. The molecule has 3 aromatic rings. The van der Waals surface area contributed by atoms with E-state index in [4.69, 9.17) is 32.7 Å². The average Bonchev–Trinajstić information content (AvgIpc) is 3.46. The molecule has 0 atom stereocenters. The molecule has 0 bridgehead atoms. The van der Waals surface area contributed by atoms with Gasteiger partial charge in [0.15, 0.2) is 5.16 Å². The maximum Gasteiger partial charge on any atom is 0.341 e. The summed E-state index contributed by atoms with van der Waals surface area (Å²) >= 11 is 14.9. The molecule has 8 nitrogen and oxygen atoms in total. The quantitative estimate of drug-likeness (QED) is 0.0947. The van der Waals surface area contributed by atoms with Crippen molar-refractivity contribution in [2.24, 2.45) is 0 Å². The van der Waals surface area contributed by atoms with Crippen LogP contribution in [0.5, 0.6) is 5.75 Å². The van der Waals surface area contributed by atoms with E-state index in [-0.39, 0.29) is 23.7 Å². The van der Waals surface area contributed by atoms with Gasteiger partial charge in [-0.3, -0.25) is 4.79 Å². The molecule has 4 rings (SSSR count). The molecule has 2 heterocycles. The summed E-state index contributed by atoms with van der Waals surface area (Å²) in [4.78, 5) is 27.0. The summed E-state index contributed by atoms with van der Waals surface area (Å²) < 4.78 is 13.2. The second kappa shape index (κ2) is 14.4. The van der Waals surface area contributed by atoms with Crippen LogP contribution >= 0.6 is 46.3 Å². The van der Waals surface area contributed by atoms with Gasteiger partial charge in [-0.15, -0.1) is 28.1 Å². The van der Waals surface area contributed by atoms with Gasteiger partial charge < -0.3 is 19.4 Å². The highest BCUT2D eigenvalue weighted by Crippen LogP contribution is 2.39. The van der Waals surface area contributed by atoms with E-state index < -0.39 is 0 Å². The number of esters is 1. The van der Waals surface area contributed by atoms with Crippen LogP contribution in [-0.4, -0.2) is 45.1 Å². The van der Waals surface area contributed by atoms with E-state index in [1.807, 2.05) is 18.4 Å². The van der Waals surface area contributed by atoms with Gasteiger partial charge in [-0.2, -0.15) is 0 Å². The van der Waals surface area contributed by atoms with Crippen molar-refractivity contribution in [2.75, 3.05) is 17.7 Å². The Morgan fingerprint density at radius 1 is 1.25 bits per heavy atom. The number of anilines is 1. The fourth-order valence-corrected chi connectivity index (χ4v) is 6.89. The third-order valence-corrected chi connectivity index (χ3v) is 8.81. The molecule has 0 unspecified atom stereocenters. The van der Waals surface area contributed by atoms with Crippen LogP contribution in [0.25, 0.3) is 0 Å². The van der Waals surface area contributed by atoms with Crippen molar-refractivity contribution in [3.8, 4) is 5.75 Å². The van der Waals surface area contributed by atoms with E-state index in [1.54, 1.807) is 24.3 Å². The van der Waals surface area contributed by atoms with Crippen LogP contribution < -0.4 is 10.1 Å². The number of thiophene rings is 1. The van der Waals surface area contributed by atoms with E-state index in [0.717, 1.165) is 41.9 Å². The predicted molar refractivity (Wildman–Crippen MR) is 161 cm³/mol. The first-order valence-electron chi connectivity index (χ1n) is 13.2. The van der Waals surface area contributed by atoms with Crippen LogP contribution in [0.1, 0.15) is 59.7 Å². The van der Waals surface area contributed by atoms with E-state index in [1.165, 1.54) is 23.1 Å². The van der Waals surface area contributed by atoms with Crippen molar-refractivity contribution in [3.05, 3.63) is 62.7 Å². The first kappa shape index (κ1) is 30.4. The lowest BCUT2D eigenvalue weighted by Gasteiger charge is -2.14. The van der Waals surface area contributed by atoms with Crippen LogP contribution in [-0.2, 0) is 35.3 Å². The van der Waals surface area contributed by atoms with Crippen molar-refractivity contribution >= 4 is 63.2 Å². The molecule has 0 saturated heterocycles. The second-order valence-corrected chi connectivity index (χ2v) is 12.4. The smallest absolute Gasteiger partial charge is 0.341 e. The fourth-order valence-electron chi connectivity index (χ4n) is 4.36. The summed E-state index contributed by atoms with van der Waals surface area (Å²) in [5.74, 6) is 0.876. The van der Waals surface area contributed by atoms with Crippen molar-refractivity contribution in [3.63, 3.8) is 0 Å². The van der Waals surface area contributed by atoms with Crippen LogP contribution in [0, 0.1) is 0 Å². The largest absolute Gasteiger partial charge is 0.492 e. The SMILES string of the molecule is C=CCn1c(CCCOc2ccc(Cl)cc2Cl)nnc1SCC(=O)Nc1sc2c(c1C(=O)OC(C)C)CCCC2. The Morgan fingerprint density at radius 3 is 2.80 bits per heavy atom. The number of fused-ring (bicyclic) bond motifs is 1. The molecule has 1 amide bonds. The minimum atomic E-state index is -0.380. The molecular formula is C28H32Cl2N4O4S2. The molecule has 0 saturated carbocycles. The standard InChI is InChI=1S/C28H32Cl2N4O4S2/c1-4-13-34-23(10-7-14-37-21-12-11-18(29)15-20(21)30)32-33-28(34)39-16-24(35)31-26-25(27(36)38-17(2)3)19-8-5-6-9-22(19)40-26/h4,11-12,15,17H,1,5-10,13-14,16H2,2-3H3,(H,31,35). The maximum absolute atomic E-state index is 13.0. The molecule has 214 valence electrons. The lowest BCUT2D eigenvalue weighted by Crippen LogP contribution is -2.19. The molecule has 1 aromatic carbocycles. The van der Waals surface area contributed by atoms with Crippen LogP contribution in [0.15, 0.2) is 36.0 Å². The van der Waals surface area contributed by atoms with Gasteiger partial charge in [-0.25, -0.2) is 4.79 Å². The van der Waals surface area contributed by atoms with E-state index in [0.29, 0.717) is 57.5 Å². The van der Waals surface area contributed by atoms with Crippen LogP contribution in [0.2, 0.25) is 10.0 Å². The van der Waals surface area contributed by atoms with Gasteiger partial charge in [0.25, 0.3) is 0 Å².